The molecule has 2 rings (SSSR count). The summed E-state index contributed by atoms with van der Waals surface area (Å²) in [5.74, 6) is 0.462. The van der Waals surface area contributed by atoms with Gasteiger partial charge in [-0.15, -0.1) is 0 Å². The molecule has 0 radical (unpaired) electrons. The third-order valence-electron chi connectivity index (χ3n) is 4.21. The highest BCUT2D eigenvalue weighted by Gasteiger charge is 2.49. The van der Waals surface area contributed by atoms with Gasteiger partial charge >= 0.3 is 6.09 Å². The van der Waals surface area contributed by atoms with Crippen molar-refractivity contribution < 1.29 is 14.7 Å². The normalized spacial score (nSPS) is 31.1. The molecule has 1 aliphatic heterocycles. The molecule has 0 bridgehead atoms. The maximum atomic E-state index is 12.1. The van der Waals surface area contributed by atoms with Crippen molar-refractivity contribution >= 4 is 11.9 Å². The summed E-state index contributed by atoms with van der Waals surface area (Å²) >= 11 is 0. The van der Waals surface area contributed by atoms with Crippen LogP contribution in [0.4, 0.5) is 4.79 Å². The number of amidine groups is 1. The van der Waals surface area contributed by atoms with Crippen molar-refractivity contribution in [3.63, 3.8) is 0 Å². The second kappa shape index (κ2) is 5.14. The third kappa shape index (κ3) is 3.16. The monoisotopic (exact) mass is 283 g/mol. The standard InChI is InChI=1S/C14H25N3O3/c1-13(2,3)20-12(18)17-6-4-5-14(9-17)7-10(8-14)11(15)16-19/h10,19H,4-9H2,1-3H3,(H2,15,16). The molecule has 1 heterocycles. The Morgan fingerprint density at radius 3 is 2.65 bits per heavy atom. The highest BCUT2D eigenvalue weighted by Crippen LogP contribution is 2.51. The minimum absolute atomic E-state index is 0.134. The number of hydrogen-bond donors (Lipinski definition) is 2. The van der Waals surface area contributed by atoms with E-state index in [1.807, 2.05) is 20.8 Å². The Bertz CT molecular complexity index is 408. The van der Waals surface area contributed by atoms with Gasteiger partial charge in [0, 0.05) is 19.0 Å². The molecule has 0 atom stereocenters. The number of piperidine rings is 1. The van der Waals surface area contributed by atoms with Gasteiger partial charge in [-0.2, -0.15) is 0 Å². The van der Waals surface area contributed by atoms with E-state index in [1.54, 1.807) is 4.90 Å². The first kappa shape index (κ1) is 14.9. The SMILES string of the molecule is CC(C)(C)OC(=O)N1CCCC2(CC(/C(N)=N/O)C2)C1. The Balaban J connectivity index is 1.92. The van der Waals surface area contributed by atoms with Crippen molar-refractivity contribution in [3.05, 3.63) is 0 Å². The van der Waals surface area contributed by atoms with Crippen molar-refractivity contribution in [3.8, 4) is 0 Å². The molecule has 1 aliphatic carbocycles. The molecule has 1 spiro atoms. The van der Waals surface area contributed by atoms with E-state index in [9.17, 15) is 4.79 Å². The molecular weight excluding hydrogens is 258 g/mol. The van der Waals surface area contributed by atoms with Crippen LogP contribution in [-0.2, 0) is 4.74 Å². The number of nitrogens with two attached hydrogens (primary N) is 1. The van der Waals surface area contributed by atoms with Gasteiger partial charge in [-0.25, -0.2) is 4.79 Å². The van der Waals surface area contributed by atoms with E-state index in [2.05, 4.69) is 5.16 Å². The zero-order valence-electron chi connectivity index (χ0n) is 12.6. The Hall–Kier alpha value is -1.46. The first-order chi connectivity index (χ1) is 9.25. The van der Waals surface area contributed by atoms with Crippen molar-refractivity contribution in [1.82, 2.24) is 4.90 Å². The molecule has 0 aromatic heterocycles. The summed E-state index contributed by atoms with van der Waals surface area (Å²) in [6.07, 6.45) is 3.64. The van der Waals surface area contributed by atoms with Crippen LogP contribution in [0.25, 0.3) is 0 Å². The van der Waals surface area contributed by atoms with Gasteiger partial charge in [0.1, 0.15) is 11.4 Å². The van der Waals surface area contributed by atoms with Gasteiger partial charge in [0.25, 0.3) is 0 Å². The van der Waals surface area contributed by atoms with Crippen LogP contribution in [-0.4, -0.2) is 40.7 Å². The molecule has 6 heteroatoms. The molecule has 2 aliphatic rings. The zero-order chi connectivity index (χ0) is 15.0. The molecule has 2 fully saturated rings. The van der Waals surface area contributed by atoms with Gasteiger partial charge in [0.05, 0.1) is 0 Å². The van der Waals surface area contributed by atoms with Crippen LogP contribution in [0.5, 0.6) is 0 Å². The quantitative estimate of drug-likeness (QED) is 0.334. The summed E-state index contributed by atoms with van der Waals surface area (Å²) in [5.41, 5.74) is 5.31. The molecule has 1 saturated carbocycles. The lowest BCUT2D eigenvalue weighted by molar-refractivity contribution is -0.0256. The van der Waals surface area contributed by atoms with Crippen LogP contribution in [0.15, 0.2) is 5.16 Å². The second-order valence-electron chi connectivity index (χ2n) is 7.14. The van der Waals surface area contributed by atoms with E-state index in [0.29, 0.717) is 5.84 Å². The summed E-state index contributed by atoms with van der Waals surface area (Å²) in [6.45, 7) is 7.11. The van der Waals surface area contributed by atoms with Crippen LogP contribution in [0.2, 0.25) is 0 Å². The summed E-state index contributed by atoms with van der Waals surface area (Å²) < 4.78 is 5.43. The van der Waals surface area contributed by atoms with Gasteiger partial charge in [-0.3, -0.25) is 0 Å². The van der Waals surface area contributed by atoms with Crippen LogP contribution in [0.1, 0.15) is 46.5 Å². The van der Waals surface area contributed by atoms with E-state index in [4.69, 9.17) is 15.7 Å². The Labute approximate surface area is 119 Å². The number of hydrogen-bond acceptors (Lipinski definition) is 4. The minimum atomic E-state index is -0.460. The number of ether oxygens (including phenoxy) is 1. The van der Waals surface area contributed by atoms with Crippen molar-refractivity contribution in [1.29, 1.82) is 0 Å². The van der Waals surface area contributed by atoms with E-state index in [-0.39, 0.29) is 17.4 Å². The fourth-order valence-electron chi connectivity index (χ4n) is 3.30. The van der Waals surface area contributed by atoms with Gasteiger partial charge in [0.2, 0.25) is 0 Å². The Morgan fingerprint density at radius 1 is 1.45 bits per heavy atom. The zero-order valence-corrected chi connectivity index (χ0v) is 12.6. The molecule has 0 aromatic rings. The largest absolute Gasteiger partial charge is 0.444 e. The second-order valence-corrected chi connectivity index (χ2v) is 7.14. The van der Waals surface area contributed by atoms with Gasteiger partial charge in [-0.05, 0) is 51.9 Å². The first-order valence-corrected chi connectivity index (χ1v) is 7.20. The summed E-state index contributed by atoms with van der Waals surface area (Å²) in [4.78, 5) is 13.9. The molecule has 20 heavy (non-hydrogen) atoms. The summed E-state index contributed by atoms with van der Waals surface area (Å²) in [5, 5.41) is 11.8. The lowest BCUT2D eigenvalue weighted by atomic mass is 9.58. The number of carbonyl (C=O) groups excluding carboxylic acids is 1. The number of amides is 1. The van der Waals surface area contributed by atoms with Crippen LogP contribution < -0.4 is 5.73 Å². The number of likely N-dealkylation sites (tertiary alicyclic amines) is 1. The molecule has 3 N–H and O–H groups in total. The van der Waals surface area contributed by atoms with E-state index in [0.717, 1.165) is 38.8 Å². The molecule has 1 amide bonds. The predicted molar refractivity (Wildman–Crippen MR) is 75.6 cm³/mol. The van der Waals surface area contributed by atoms with Crippen LogP contribution in [0, 0.1) is 11.3 Å². The average molecular weight is 283 g/mol. The first-order valence-electron chi connectivity index (χ1n) is 7.20. The van der Waals surface area contributed by atoms with E-state index >= 15 is 0 Å². The van der Waals surface area contributed by atoms with E-state index < -0.39 is 5.60 Å². The lowest BCUT2D eigenvalue weighted by Gasteiger charge is -2.52. The highest BCUT2D eigenvalue weighted by atomic mass is 16.6. The molecule has 114 valence electrons. The van der Waals surface area contributed by atoms with Gasteiger partial charge in [0.15, 0.2) is 0 Å². The third-order valence-corrected chi connectivity index (χ3v) is 4.21. The maximum absolute atomic E-state index is 12.1. The summed E-state index contributed by atoms with van der Waals surface area (Å²) in [7, 11) is 0. The summed E-state index contributed by atoms with van der Waals surface area (Å²) in [6, 6.07) is 0. The number of nitrogens with zero attached hydrogens (tertiary/aromatic N) is 2. The highest BCUT2D eigenvalue weighted by molar-refractivity contribution is 5.83. The van der Waals surface area contributed by atoms with Gasteiger partial charge < -0.3 is 20.6 Å². The van der Waals surface area contributed by atoms with E-state index in [1.165, 1.54) is 0 Å². The number of carbonyl (C=O) groups is 1. The molecule has 6 nitrogen and oxygen atoms in total. The molecule has 0 aromatic carbocycles. The number of oxime groups is 1. The average Bonchev–Trinajstić information content (AvgIpc) is 2.33. The Kier molecular flexibility index (Phi) is 3.84. The van der Waals surface area contributed by atoms with Crippen molar-refractivity contribution in [2.45, 2.75) is 52.1 Å². The van der Waals surface area contributed by atoms with Crippen LogP contribution in [0.3, 0.4) is 0 Å². The topological polar surface area (TPSA) is 88.2 Å². The maximum Gasteiger partial charge on any atom is 0.410 e. The van der Waals surface area contributed by atoms with Crippen LogP contribution >= 0.6 is 0 Å². The van der Waals surface area contributed by atoms with Gasteiger partial charge in [-0.1, -0.05) is 5.16 Å². The molecule has 1 saturated heterocycles. The smallest absolute Gasteiger partial charge is 0.410 e. The number of rotatable bonds is 1. The molecular formula is C14H25N3O3. The minimum Gasteiger partial charge on any atom is -0.444 e. The predicted octanol–water partition coefficient (Wildman–Crippen LogP) is 2.16. The lowest BCUT2D eigenvalue weighted by Crippen LogP contribution is -2.55. The fourth-order valence-corrected chi connectivity index (χ4v) is 3.30. The molecule has 0 unspecified atom stereocenters. The van der Waals surface area contributed by atoms with Crippen molar-refractivity contribution in [2.24, 2.45) is 22.2 Å². The fraction of sp³-hybridized carbons (Fsp3) is 0.857. The van der Waals surface area contributed by atoms with Crippen molar-refractivity contribution in [2.75, 3.05) is 13.1 Å². The Morgan fingerprint density at radius 2 is 2.10 bits per heavy atom.